The van der Waals surface area contributed by atoms with Crippen LogP contribution in [0.25, 0.3) is 0 Å². The molecule has 0 N–H and O–H groups in total. The van der Waals surface area contributed by atoms with E-state index in [1.54, 1.807) is 25.7 Å². The molecule has 1 fully saturated rings. The summed E-state index contributed by atoms with van der Waals surface area (Å²) in [6.45, 7) is 5.49. The molecule has 0 bridgehead atoms. The molecule has 0 radical (unpaired) electrons. The van der Waals surface area contributed by atoms with Crippen molar-refractivity contribution in [2.75, 3.05) is 32.7 Å². The predicted molar refractivity (Wildman–Crippen MR) is 72.3 cm³/mol. The molecule has 7 heteroatoms. The van der Waals surface area contributed by atoms with Crippen molar-refractivity contribution in [3.63, 3.8) is 0 Å². The Morgan fingerprint density at radius 3 is 2.52 bits per heavy atom. The molecule has 0 aromatic rings. The maximum Gasteiger partial charge on any atom is 0.401 e. The van der Waals surface area contributed by atoms with Gasteiger partial charge in [0.05, 0.1) is 12.6 Å². The fourth-order valence-electron chi connectivity index (χ4n) is 2.53. The second kappa shape index (κ2) is 6.65. The van der Waals surface area contributed by atoms with Crippen LogP contribution in [0.1, 0.15) is 27.2 Å². The summed E-state index contributed by atoms with van der Waals surface area (Å²) in [5.74, 6) is -0.211. The predicted octanol–water partition coefficient (Wildman–Crippen LogP) is 2.27. The van der Waals surface area contributed by atoms with Crippen LogP contribution in [0.2, 0.25) is 0 Å². The monoisotopic (exact) mass is 305 g/mol. The number of rotatable bonds is 5. The van der Waals surface area contributed by atoms with E-state index in [1.165, 1.54) is 4.90 Å². The van der Waals surface area contributed by atoms with Gasteiger partial charge in [-0.15, -0.1) is 0 Å². The molecule has 0 aromatic carbocycles. The van der Waals surface area contributed by atoms with Crippen molar-refractivity contribution < 1.29 is 18.0 Å². The van der Waals surface area contributed by atoms with Crippen LogP contribution >= 0.6 is 0 Å². The van der Waals surface area contributed by atoms with Crippen molar-refractivity contribution in [3.8, 4) is 6.07 Å². The Bertz CT molecular complexity index is 415. The molecule has 1 amide bonds. The molecule has 1 heterocycles. The van der Waals surface area contributed by atoms with E-state index in [0.29, 0.717) is 32.6 Å². The molecule has 0 spiro atoms. The fourth-order valence-corrected chi connectivity index (χ4v) is 2.53. The van der Waals surface area contributed by atoms with E-state index >= 15 is 0 Å². The smallest absolute Gasteiger partial charge is 0.341 e. The topological polar surface area (TPSA) is 47.3 Å². The first-order valence-corrected chi connectivity index (χ1v) is 7.08. The minimum absolute atomic E-state index is 0.0331. The zero-order valence-corrected chi connectivity index (χ0v) is 12.7. The third kappa shape index (κ3) is 5.20. The molecule has 1 rings (SSSR count). The minimum Gasteiger partial charge on any atom is -0.341 e. The molecule has 4 nitrogen and oxygen atoms in total. The molecule has 1 atom stereocenters. The van der Waals surface area contributed by atoms with Gasteiger partial charge >= 0.3 is 6.18 Å². The highest BCUT2D eigenvalue weighted by atomic mass is 19.4. The van der Waals surface area contributed by atoms with Gasteiger partial charge in [-0.25, -0.2) is 0 Å². The number of likely N-dealkylation sites (tertiary alicyclic amines) is 1. The number of alkyl halides is 3. The highest BCUT2D eigenvalue weighted by molar-refractivity contribution is 5.84. The van der Waals surface area contributed by atoms with Gasteiger partial charge < -0.3 is 4.90 Å². The van der Waals surface area contributed by atoms with E-state index in [9.17, 15) is 18.0 Å². The van der Waals surface area contributed by atoms with Gasteiger partial charge in [0.1, 0.15) is 5.41 Å². The minimum atomic E-state index is -4.20. The summed E-state index contributed by atoms with van der Waals surface area (Å²) in [5, 5.41) is 8.97. The summed E-state index contributed by atoms with van der Waals surface area (Å²) in [4.78, 5) is 15.1. The highest BCUT2D eigenvalue weighted by Gasteiger charge is 2.37. The van der Waals surface area contributed by atoms with Gasteiger partial charge in [-0.2, -0.15) is 18.4 Å². The molecule has 1 saturated heterocycles. The van der Waals surface area contributed by atoms with Gasteiger partial charge in [-0.05, 0) is 32.7 Å². The van der Waals surface area contributed by atoms with Crippen LogP contribution in [-0.4, -0.2) is 54.6 Å². The number of carbonyl (C=O) groups excluding carboxylic acids is 1. The van der Waals surface area contributed by atoms with Gasteiger partial charge in [-0.1, -0.05) is 6.92 Å². The number of carbonyl (C=O) groups is 1. The lowest BCUT2D eigenvalue weighted by Crippen LogP contribution is -2.41. The summed E-state index contributed by atoms with van der Waals surface area (Å²) in [7, 11) is 0. The standard InChI is InChI=1S/C14H22F3N3O/c1-4-19(10-14(15,16)17)7-11-5-6-20(8-11)12(21)13(2,3)9-18/h11H,4-8,10H2,1-3H3/t11-/m0/s1. The summed E-state index contributed by atoms with van der Waals surface area (Å²) in [5.41, 5.74) is -1.08. The Labute approximate surface area is 123 Å². The number of amides is 1. The molecular weight excluding hydrogens is 283 g/mol. The van der Waals surface area contributed by atoms with Crippen molar-refractivity contribution in [3.05, 3.63) is 0 Å². The lowest BCUT2D eigenvalue weighted by Gasteiger charge is -2.26. The molecule has 1 aliphatic heterocycles. The van der Waals surface area contributed by atoms with Crippen LogP contribution in [0.15, 0.2) is 0 Å². The Morgan fingerprint density at radius 2 is 2.05 bits per heavy atom. The molecule has 0 unspecified atom stereocenters. The SMILES string of the molecule is CCN(C[C@@H]1CCN(C(=O)C(C)(C)C#N)C1)CC(F)(F)F. The first kappa shape index (κ1) is 17.8. The van der Waals surface area contributed by atoms with Crippen LogP contribution in [-0.2, 0) is 4.79 Å². The van der Waals surface area contributed by atoms with E-state index in [-0.39, 0.29) is 11.8 Å². The lowest BCUT2D eigenvalue weighted by molar-refractivity contribution is -0.147. The molecule has 120 valence electrons. The second-order valence-corrected chi connectivity index (χ2v) is 6.09. The number of halogens is 3. The van der Waals surface area contributed by atoms with Crippen molar-refractivity contribution in [1.29, 1.82) is 5.26 Å². The maximum atomic E-state index is 12.4. The fraction of sp³-hybridized carbons (Fsp3) is 0.857. The first-order valence-electron chi connectivity index (χ1n) is 7.08. The molecule has 21 heavy (non-hydrogen) atoms. The molecule has 0 saturated carbocycles. The van der Waals surface area contributed by atoms with E-state index in [0.717, 1.165) is 0 Å². The normalized spacial score (nSPS) is 19.9. The third-order valence-corrected chi connectivity index (χ3v) is 3.75. The number of hydrogen-bond donors (Lipinski definition) is 0. The number of hydrogen-bond acceptors (Lipinski definition) is 3. The molecule has 1 aliphatic rings. The van der Waals surface area contributed by atoms with E-state index in [4.69, 9.17) is 5.26 Å². The zero-order valence-electron chi connectivity index (χ0n) is 12.7. The summed E-state index contributed by atoms with van der Waals surface area (Å²) >= 11 is 0. The molecule has 0 aromatic heterocycles. The van der Waals surface area contributed by atoms with Crippen LogP contribution in [0, 0.1) is 22.7 Å². The quantitative estimate of drug-likeness (QED) is 0.783. The van der Waals surface area contributed by atoms with Gasteiger partial charge in [0.25, 0.3) is 0 Å². The zero-order chi connectivity index (χ0) is 16.3. The Kier molecular flexibility index (Phi) is 5.62. The van der Waals surface area contributed by atoms with Gasteiger partial charge in [0.15, 0.2) is 0 Å². The molecule has 0 aliphatic carbocycles. The van der Waals surface area contributed by atoms with Crippen molar-refractivity contribution in [2.24, 2.45) is 11.3 Å². The van der Waals surface area contributed by atoms with Gasteiger partial charge in [-0.3, -0.25) is 9.69 Å². The van der Waals surface area contributed by atoms with Crippen LogP contribution in [0.4, 0.5) is 13.2 Å². The average Bonchev–Trinajstić information content (AvgIpc) is 2.83. The number of nitriles is 1. The van der Waals surface area contributed by atoms with Crippen molar-refractivity contribution >= 4 is 5.91 Å². The van der Waals surface area contributed by atoms with E-state index < -0.39 is 18.1 Å². The summed E-state index contributed by atoms with van der Waals surface area (Å²) in [6, 6.07) is 1.97. The van der Waals surface area contributed by atoms with E-state index in [2.05, 4.69) is 0 Å². The van der Waals surface area contributed by atoms with Gasteiger partial charge in [0.2, 0.25) is 5.91 Å². The Balaban J connectivity index is 2.55. The van der Waals surface area contributed by atoms with Crippen molar-refractivity contribution in [2.45, 2.75) is 33.4 Å². The molecular formula is C14H22F3N3O. The first-order chi connectivity index (χ1) is 9.59. The lowest BCUT2D eigenvalue weighted by atomic mass is 9.94. The Morgan fingerprint density at radius 1 is 1.43 bits per heavy atom. The van der Waals surface area contributed by atoms with E-state index in [1.807, 2.05) is 6.07 Å². The highest BCUT2D eigenvalue weighted by Crippen LogP contribution is 2.25. The second-order valence-electron chi connectivity index (χ2n) is 6.09. The summed E-state index contributed by atoms with van der Waals surface area (Å²) in [6.07, 6.45) is -3.52. The van der Waals surface area contributed by atoms with Crippen LogP contribution in [0.5, 0.6) is 0 Å². The average molecular weight is 305 g/mol. The van der Waals surface area contributed by atoms with Crippen molar-refractivity contribution in [1.82, 2.24) is 9.80 Å². The number of nitrogens with zero attached hydrogens (tertiary/aromatic N) is 3. The van der Waals surface area contributed by atoms with Crippen LogP contribution < -0.4 is 0 Å². The Hall–Kier alpha value is -1.29. The third-order valence-electron chi connectivity index (χ3n) is 3.75. The van der Waals surface area contributed by atoms with Crippen LogP contribution in [0.3, 0.4) is 0 Å². The van der Waals surface area contributed by atoms with Gasteiger partial charge in [0, 0.05) is 19.6 Å². The summed E-state index contributed by atoms with van der Waals surface area (Å²) < 4.78 is 37.3. The maximum absolute atomic E-state index is 12.4. The largest absolute Gasteiger partial charge is 0.401 e.